The van der Waals surface area contributed by atoms with E-state index in [2.05, 4.69) is 12.2 Å². The third-order valence-electron chi connectivity index (χ3n) is 7.57. The summed E-state index contributed by atoms with van der Waals surface area (Å²) in [7, 11) is 1.35. The summed E-state index contributed by atoms with van der Waals surface area (Å²) in [5.41, 5.74) is 4.92. The van der Waals surface area contributed by atoms with Gasteiger partial charge in [0.15, 0.2) is 0 Å². The van der Waals surface area contributed by atoms with Crippen molar-refractivity contribution in [3.63, 3.8) is 0 Å². The van der Waals surface area contributed by atoms with Crippen molar-refractivity contribution >= 4 is 34.4 Å². The zero-order valence-corrected chi connectivity index (χ0v) is 22.6. The molecule has 4 aromatic rings. The standard InChI is InChI=1S/C31H31ClN2O5/c1-18(33-16-28(35)20-6-5-7-22(32)14-20)12-19-10-11-26-21(13-19)15-27(31(38)39-2)34(26)17-25-23-8-3-4-9-24(23)29(25)30(36)37/h3-11,13-15,18,25,28-29,33,35H,12,16-17H2,1-2H3,(H,36,37). The van der Waals surface area contributed by atoms with Crippen molar-refractivity contribution in [1.82, 2.24) is 9.88 Å². The normalized spacial score (nSPS) is 17.7. The van der Waals surface area contributed by atoms with Gasteiger partial charge in [0.2, 0.25) is 0 Å². The number of benzene rings is 3. The Labute approximate surface area is 232 Å². The molecule has 1 aromatic heterocycles. The summed E-state index contributed by atoms with van der Waals surface area (Å²) < 4.78 is 6.94. The monoisotopic (exact) mass is 546 g/mol. The Hall–Kier alpha value is -3.65. The number of carboxylic acids is 1. The number of halogens is 1. The van der Waals surface area contributed by atoms with Crippen molar-refractivity contribution in [3.8, 4) is 0 Å². The number of carbonyl (C=O) groups is 2. The SMILES string of the molecule is COC(=O)c1cc2cc(CC(C)NCC(O)c3cccc(Cl)c3)ccc2n1CC1c2ccccc2C1C(=O)O. The van der Waals surface area contributed by atoms with Crippen molar-refractivity contribution in [2.24, 2.45) is 0 Å². The molecule has 0 aliphatic heterocycles. The lowest BCUT2D eigenvalue weighted by Crippen LogP contribution is -2.34. The molecule has 202 valence electrons. The van der Waals surface area contributed by atoms with Gasteiger partial charge < -0.3 is 24.8 Å². The highest BCUT2D eigenvalue weighted by atomic mass is 35.5. The molecular weight excluding hydrogens is 516 g/mol. The van der Waals surface area contributed by atoms with Crippen LogP contribution in [0.2, 0.25) is 5.02 Å². The average Bonchev–Trinajstić information content (AvgIpc) is 3.27. The number of carbonyl (C=O) groups excluding carboxylic acids is 1. The lowest BCUT2D eigenvalue weighted by atomic mass is 9.68. The highest BCUT2D eigenvalue weighted by molar-refractivity contribution is 6.30. The van der Waals surface area contributed by atoms with E-state index in [0.29, 0.717) is 30.2 Å². The van der Waals surface area contributed by atoms with Crippen LogP contribution in [0.15, 0.2) is 72.8 Å². The Morgan fingerprint density at radius 3 is 2.54 bits per heavy atom. The van der Waals surface area contributed by atoms with Crippen molar-refractivity contribution in [2.75, 3.05) is 13.7 Å². The van der Waals surface area contributed by atoms with Gasteiger partial charge in [-0.05, 0) is 65.9 Å². The first-order valence-electron chi connectivity index (χ1n) is 13.0. The zero-order chi connectivity index (χ0) is 27.7. The van der Waals surface area contributed by atoms with Crippen LogP contribution in [0, 0.1) is 0 Å². The number of rotatable bonds is 10. The smallest absolute Gasteiger partial charge is 0.354 e. The van der Waals surface area contributed by atoms with Gasteiger partial charge in [0.25, 0.3) is 0 Å². The Kier molecular flexibility index (Phi) is 7.75. The van der Waals surface area contributed by atoms with E-state index in [-0.39, 0.29) is 12.0 Å². The van der Waals surface area contributed by atoms with Gasteiger partial charge in [-0.25, -0.2) is 4.79 Å². The predicted octanol–water partition coefficient (Wildman–Crippen LogP) is 5.30. The Morgan fingerprint density at radius 2 is 1.82 bits per heavy atom. The number of aliphatic hydroxyl groups is 1. The first-order chi connectivity index (χ1) is 18.8. The van der Waals surface area contributed by atoms with E-state index >= 15 is 0 Å². The zero-order valence-electron chi connectivity index (χ0n) is 21.8. The summed E-state index contributed by atoms with van der Waals surface area (Å²) in [6, 6.07) is 22.7. The first-order valence-corrected chi connectivity index (χ1v) is 13.3. The second kappa shape index (κ2) is 11.2. The lowest BCUT2D eigenvalue weighted by molar-refractivity contribution is -0.140. The molecule has 39 heavy (non-hydrogen) atoms. The van der Waals surface area contributed by atoms with Crippen LogP contribution in [0.4, 0.5) is 0 Å². The maximum Gasteiger partial charge on any atom is 0.354 e. The molecule has 3 aromatic carbocycles. The molecule has 0 spiro atoms. The van der Waals surface area contributed by atoms with E-state index in [4.69, 9.17) is 16.3 Å². The summed E-state index contributed by atoms with van der Waals surface area (Å²) in [4.78, 5) is 24.7. The fourth-order valence-corrected chi connectivity index (χ4v) is 5.82. The van der Waals surface area contributed by atoms with E-state index in [1.807, 2.05) is 65.2 Å². The number of methoxy groups -OCH3 is 1. The maximum absolute atomic E-state index is 12.7. The number of hydrogen-bond donors (Lipinski definition) is 3. The van der Waals surface area contributed by atoms with Gasteiger partial charge >= 0.3 is 11.9 Å². The molecule has 1 heterocycles. The molecule has 4 unspecified atom stereocenters. The summed E-state index contributed by atoms with van der Waals surface area (Å²) in [6.07, 6.45) is 0.0464. The van der Waals surface area contributed by atoms with Gasteiger partial charge in [0, 0.05) is 41.0 Å². The molecule has 0 amide bonds. The van der Waals surface area contributed by atoms with Crippen LogP contribution in [0.3, 0.4) is 0 Å². The molecule has 0 fully saturated rings. The second-order valence-corrected chi connectivity index (χ2v) is 10.6. The average molecular weight is 547 g/mol. The van der Waals surface area contributed by atoms with E-state index in [9.17, 15) is 19.8 Å². The van der Waals surface area contributed by atoms with Crippen molar-refractivity contribution < 1.29 is 24.5 Å². The largest absolute Gasteiger partial charge is 0.481 e. The number of aliphatic carboxylic acids is 1. The molecule has 8 heteroatoms. The molecule has 4 atom stereocenters. The molecule has 0 radical (unpaired) electrons. The third-order valence-corrected chi connectivity index (χ3v) is 7.81. The van der Waals surface area contributed by atoms with Gasteiger partial charge in [-0.2, -0.15) is 0 Å². The summed E-state index contributed by atoms with van der Waals surface area (Å²) in [6.45, 7) is 2.81. The number of nitrogens with one attached hydrogen (secondary N) is 1. The number of aromatic nitrogens is 1. The van der Waals surface area contributed by atoms with E-state index < -0.39 is 24.0 Å². The van der Waals surface area contributed by atoms with Crippen LogP contribution < -0.4 is 5.32 Å². The van der Waals surface area contributed by atoms with Gasteiger partial charge in [0.05, 0.1) is 19.1 Å². The number of esters is 1. The van der Waals surface area contributed by atoms with Crippen LogP contribution in [-0.2, 0) is 22.5 Å². The number of aliphatic hydroxyl groups excluding tert-OH is 1. The van der Waals surface area contributed by atoms with Crippen LogP contribution >= 0.6 is 11.6 Å². The molecule has 7 nitrogen and oxygen atoms in total. The second-order valence-electron chi connectivity index (χ2n) is 10.2. The number of fused-ring (bicyclic) bond motifs is 2. The number of carboxylic acid groups (broad SMARTS) is 1. The molecule has 0 bridgehead atoms. The maximum atomic E-state index is 12.7. The van der Waals surface area contributed by atoms with Gasteiger partial charge in [-0.15, -0.1) is 0 Å². The fraction of sp³-hybridized carbons (Fsp3) is 0.290. The van der Waals surface area contributed by atoms with Gasteiger partial charge in [-0.1, -0.05) is 54.1 Å². The molecule has 1 aliphatic carbocycles. The third kappa shape index (κ3) is 5.43. The Morgan fingerprint density at radius 1 is 1.05 bits per heavy atom. The van der Waals surface area contributed by atoms with Crippen LogP contribution in [0.5, 0.6) is 0 Å². The highest BCUT2D eigenvalue weighted by Crippen LogP contribution is 2.48. The lowest BCUT2D eigenvalue weighted by Gasteiger charge is -2.37. The van der Waals surface area contributed by atoms with Crippen LogP contribution in [-0.4, -0.2) is 46.4 Å². The van der Waals surface area contributed by atoms with E-state index in [1.165, 1.54) is 7.11 Å². The molecule has 3 N–H and O–H groups in total. The molecular formula is C31H31ClN2O5. The van der Waals surface area contributed by atoms with Gasteiger partial charge in [-0.3, -0.25) is 4.79 Å². The summed E-state index contributed by atoms with van der Waals surface area (Å²) in [5.74, 6) is -2.18. The van der Waals surface area contributed by atoms with E-state index in [1.54, 1.807) is 12.1 Å². The summed E-state index contributed by atoms with van der Waals surface area (Å²) in [5, 5.41) is 25.2. The Bertz CT molecular complexity index is 1530. The summed E-state index contributed by atoms with van der Waals surface area (Å²) >= 11 is 6.04. The minimum Gasteiger partial charge on any atom is -0.481 e. The molecule has 0 saturated heterocycles. The number of hydrogen-bond acceptors (Lipinski definition) is 5. The number of ether oxygens (including phenoxy) is 1. The van der Waals surface area contributed by atoms with Crippen molar-refractivity contribution in [2.45, 2.75) is 43.9 Å². The highest BCUT2D eigenvalue weighted by Gasteiger charge is 2.42. The van der Waals surface area contributed by atoms with Crippen LogP contribution in [0.25, 0.3) is 10.9 Å². The molecule has 1 aliphatic rings. The van der Waals surface area contributed by atoms with Crippen molar-refractivity contribution in [1.29, 1.82) is 0 Å². The molecule has 5 rings (SSSR count). The predicted molar refractivity (Wildman–Crippen MR) is 150 cm³/mol. The quantitative estimate of drug-likeness (QED) is 0.233. The minimum absolute atomic E-state index is 0.0845. The van der Waals surface area contributed by atoms with E-state index in [0.717, 1.165) is 33.2 Å². The minimum atomic E-state index is -0.862. The number of nitrogens with zero attached hydrogens (tertiary/aromatic N) is 1. The first kappa shape index (κ1) is 26.9. The topological polar surface area (TPSA) is 101 Å². The van der Waals surface area contributed by atoms with Crippen molar-refractivity contribution in [3.05, 3.63) is 106 Å². The Balaban J connectivity index is 1.34. The molecule has 0 saturated carbocycles. The van der Waals surface area contributed by atoms with Gasteiger partial charge in [0.1, 0.15) is 5.69 Å². The van der Waals surface area contributed by atoms with Crippen LogP contribution in [0.1, 0.15) is 57.6 Å². The fourth-order valence-electron chi connectivity index (χ4n) is 5.63.